The molecule has 0 saturated carbocycles. The smallest absolute Gasteiger partial charge is 0.120 e. The Morgan fingerprint density at radius 1 is 1.39 bits per heavy atom. The second-order valence-electron chi connectivity index (χ2n) is 4.16. The summed E-state index contributed by atoms with van der Waals surface area (Å²) in [5, 5.41) is 0. The molecule has 0 atom stereocenters. The van der Waals surface area contributed by atoms with Crippen molar-refractivity contribution in [1.82, 2.24) is 9.55 Å². The molecule has 0 aliphatic rings. The first-order valence-corrected chi connectivity index (χ1v) is 6.19. The van der Waals surface area contributed by atoms with Gasteiger partial charge in [0.25, 0.3) is 0 Å². The van der Waals surface area contributed by atoms with Gasteiger partial charge in [-0.1, -0.05) is 13.0 Å². The van der Waals surface area contributed by atoms with Crippen LogP contribution < -0.4 is 10.5 Å². The minimum absolute atomic E-state index is 0.503. The second-order valence-corrected chi connectivity index (χ2v) is 4.16. The predicted octanol–water partition coefficient (Wildman–Crippen LogP) is 2.29. The van der Waals surface area contributed by atoms with Gasteiger partial charge in [0.15, 0.2) is 0 Å². The van der Waals surface area contributed by atoms with Crippen LogP contribution >= 0.6 is 0 Å². The van der Waals surface area contributed by atoms with E-state index in [1.54, 1.807) is 7.11 Å². The summed E-state index contributed by atoms with van der Waals surface area (Å²) in [5.41, 5.74) is 7.94. The highest BCUT2D eigenvalue weighted by atomic mass is 16.5. The normalized spacial score (nSPS) is 10.6. The summed E-state index contributed by atoms with van der Waals surface area (Å²) in [6.07, 6.45) is 5.82. The molecule has 4 heteroatoms. The van der Waals surface area contributed by atoms with Gasteiger partial charge in [-0.3, -0.25) is 0 Å². The Kier molecular flexibility index (Phi) is 3.99. The van der Waals surface area contributed by atoms with Gasteiger partial charge in [0.2, 0.25) is 0 Å². The fourth-order valence-corrected chi connectivity index (χ4v) is 2.03. The number of aryl methyl sites for hydroxylation is 1. The van der Waals surface area contributed by atoms with Crippen LogP contribution in [-0.2, 0) is 13.0 Å². The third-order valence-electron chi connectivity index (χ3n) is 2.96. The lowest BCUT2D eigenvalue weighted by Gasteiger charge is -2.13. The predicted molar refractivity (Wildman–Crippen MR) is 72.0 cm³/mol. The highest BCUT2D eigenvalue weighted by Gasteiger charge is 2.09. The number of hydrogen-bond acceptors (Lipinski definition) is 3. The number of hydrogen-bond donors (Lipinski definition) is 1. The van der Waals surface area contributed by atoms with Gasteiger partial charge in [-0.15, -0.1) is 0 Å². The van der Waals surface area contributed by atoms with E-state index < -0.39 is 0 Å². The van der Waals surface area contributed by atoms with Crippen LogP contribution in [0.25, 0.3) is 5.69 Å². The molecule has 1 aromatic heterocycles. The lowest BCUT2D eigenvalue weighted by atomic mass is 10.1. The fraction of sp³-hybridized carbons (Fsp3) is 0.357. The molecule has 0 aliphatic heterocycles. The second kappa shape index (κ2) is 5.69. The minimum atomic E-state index is 0.503. The first-order valence-electron chi connectivity index (χ1n) is 6.19. The van der Waals surface area contributed by atoms with Crippen LogP contribution in [0.15, 0.2) is 30.6 Å². The molecule has 2 rings (SSSR count). The maximum atomic E-state index is 5.80. The molecule has 2 aromatic rings. The maximum absolute atomic E-state index is 5.80. The van der Waals surface area contributed by atoms with Crippen molar-refractivity contribution in [3.05, 3.63) is 42.0 Å². The van der Waals surface area contributed by atoms with Gasteiger partial charge in [-0.2, -0.15) is 0 Å². The van der Waals surface area contributed by atoms with Crippen LogP contribution in [0.5, 0.6) is 5.75 Å². The average molecular weight is 245 g/mol. The Hall–Kier alpha value is -1.81. The van der Waals surface area contributed by atoms with E-state index in [0.717, 1.165) is 35.7 Å². The molecule has 0 spiro atoms. The highest BCUT2D eigenvalue weighted by Crippen LogP contribution is 2.22. The summed E-state index contributed by atoms with van der Waals surface area (Å²) >= 11 is 0. The van der Waals surface area contributed by atoms with Crippen LogP contribution in [-0.4, -0.2) is 16.7 Å². The molecule has 4 nitrogen and oxygen atoms in total. The van der Waals surface area contributed by atoms with Crippen molar-refractivity contribution < 1.29 is 4.74 Å². The van der Waals surface area contributed by atoms with Crippen molar-refractivity contribution in [2.45, 2.75) is 26.3 Å². The molecular formula is C14H19N3O. The van der Waals surface area contributed by atoms with Crippen LogP contribution in [0.4, 0.5) is 0 Å². The van der Waals surface area contributed by atoms with E-state index in [1.807, 2.05) is 30.6 Å². The minimum Gasteiger partial charge on any atom is -0.497 e. The molecule has 18 heavy (non-hydrogen) atoms. The molecule has 0 unspecified atom stereocenters. The zero-order chi connectivity index (χ0) is 13.0. The maximum Gasteiger partial charge on any atom is 0.120 e. The Morgan fingerprint density at radius 2 is 2.22 bits per heavy atom. The molecule has 1 aromatic carbocycles. The topological polar surface area (TPSA) is 53.1 Å². The van der Waals surface area contributed by atoms with Crippen molar-refractivity contribution >= 4 is 0 Å². The van der Waals surface area contributed by atoms with Crippen LogP contribution in [0.2, 0.25) is 0 Å². The van der Waals surface area contributed by atoms with E-state index in [2.05, 4.69) is 16.5 Å². The van der Waals surface area contributed by atoms with Gasteiger partial charge in [0.1, 0.15) is 11.6 Å². The number of aromatic nitrogens is 2. The quantitative estimate of drug-likeness (QED) is 0.879. The molecule has 0 fully saturated rings. The van der Waals surface area contributed by atoms with E-state index in [-0.39, 0.29) is 0 Å². The summed E-state index contributed by atoms with van der Waals surface area (Å²) < 4.78 is 7.37. The molecule has 0 amide bonds. The Labute approximate surface area is 107 Å². The largest absolute Gasteiger partial charge is 0.497 e. The molecule has 0 bridgehead atoms. The third kappa shape index (κ3) is 2.38. The SMILES string of the molecule is CCCc1nccn1-c1cc(OC)ccc1CN. The number of nitrogens with two attached hydrogens (primary N) is 1. The van der Waals surface area contributed by atoms with Gasteiger partial charge in [-0.25, -0.2) is 4.98 Å². The van der Waals surface area contributed by atoms with Crippen molar-refractivity contribution in [3.63, 3.8) is 0 Å². The summed E-state index contributed by atoms with van der Waals surface area (Å²) in [4.78, 5) is 4.39. The van der Waals surface area contributed by atoms with Crippen LogP contribution in [0.3, 0.4) is 0 Å². The fourth-order valence-electron chi connectivity index (χ4n) is 2.03. The van der Waals surface area contributed by atoms with E-state index in [0.29, 0.717) is 6.54 Å². The monoisotopic (exact) mass is 245 g/mol. The van der Waals surface area contributed by atoms with E-state index in [9.17, 15) is 0 Å². The number of imidazole rings is 1. The summed E-state index contributed by atoms with van der Waals surface area (Å²) in [7, 11) is 1.67. The number of nitrogens with zero attached hydrogens (tertiary/aromatic N) is 2. The summed E-state index contributed by atoms with van der Waals surface area (Å²) in [5.74, 6) is 1.89. The molecule has 96 valence electrons. The van der Waals surface area contributed by atoms with Gasteiger partial charge in [-0.05, 0) is 18.1 Å². The van der Waals surface area contributed by atoms with Crippen LogP contribution in [0, 0.1) is 0 Å². The standard InChI is InChI=1S/C14H19N3O/c1-3-4-14-16-7-8-17(14)13-9-12(18-2)6-5-11(13)10-15/h5-9H,3-4,10,15H2,1-2H3. The van der Waals surface area contributed by atoms with Gasteiger partial charge in [0.05, 0.1) is 12.8 Å². The molecule has 0 aliphatic carbocycles. The van der Waals surface area contributed by atoms with Crippen molar-refractivity contribution in [2.24, 2.45) is 5.73 Å². The third-order valence-corrected chi connectivity index (χ3v) is 2.96. The Morgan fingerprint density at radius 3 is 2.89 bits per heavy atom. The number of methoxy groups -OCH3 is 1. The van der Waals surface area contributed by atoms with Gasteiger partial charge >= 0.3 is 0 Å². The zero-order valence-electron chi connectivity index (χ0n) is 10.9. The van der Waals surface area contributed by atoms with Crippen molar-refractivity contribution in [2.75, 3.05) is 7.11 Å². The molecule has 2 N–H and O–H groups in total. The summed E-state index contributed by atoms with van der Waals surface area (Å²) in [6.45, 7) is 2.65. The molecule has 0 saturated heterocycles. The zero-order valence-corrected chi connectivity index (χ0v) is 10.9. The van der Waals surface area contributed by atoms with Crippen molar-refractivity contribution in [1.29, 1.82) is 0 Å². The Bertz CT molecular complexity index is 520. The van der Waals surface area contributed by atoms with Crippen molar-refractivity contribution in [3.8, 4) is 11.4 Å². The Balaban J connectivity index is 2.50. The first kappa shape index (κ1) is 12.6. The number of benzene rings is 1. The van der Waals surface area contributed by atoms with Gasteiger partial charge < -0.3 is 15.0 Å². The first-order chi connectivity index (χ1) is 8.80. The number of ether oxygens (including phenoxy) is 1. The average Bonchev–Trinajstić information content (AvgIpc) is 2.86. The number of rotatable bonds is 5. The highest BCUT2D eigenvalue weighted by molar-refractivity contribution is 5.47. The van der Waals surface area contributed by atoms with E-state index >= 15 is 0 Å². The van der Waals surface area contributed by atoms with E-state index in [4.69, 9.17) is 10.5 Å². The lowest BCUT2D eigenvalue weighted by molar-refractivity contribution is 0.414. The molecule has 0 radical (unpaired) electrons. The van der Waals surface area contributed by atoms with Crippen LogP contribution in [0.1, 0.15) is 24.7 Å². The molecular weight excluding hydrogens is 226 g/mol. The summed E-state index contributed by atoms with van der Waals surface area (Å²) in [6, 6.07) is 5.94. The van der Waals surface area contributed by atoms with Gasteiger partial charge in [0, 0.05) is 31.4 Å². The van der Waals surface area contributed by atoms with E-state index in [1.165, 1.54) is 0 Å². The molecule has 1 heterocycles. The lowest BCUT2D eigenvalue weighted by Crippen LogP contribution is -2.07.